The fourth-order valence-electron chi connectivity index (χ4n) is 1.06. The van der Waals surface area contributed by atoms with Crippen LogP contribution in [0.4, 0.5) is 4.79 Å². The Morgan fingerprint density at radius 2 is 1.94 bits per heavy atom. The third kappa shape index (κ3) is 8.17. The van der Waals surface area contributed by atoms with Crippen molar-refractivity contribution in [3.05, 3.63) is 0 Å². The topological polar surface area (TPSA) is 108 Å². The minimum atomic E-state index is -1.05. The van der Waals surface area contributed by atoms with Gasteiger partial charge < -0.3 is 15.2 Å². The molecule has 8 nitrogen and oxygen atoms in total. The summed E-state index contributed by atoms with van der Waals surface area (Å²) in [5, 5.41) is 12.9. The fraction of sp³-hybridized carbons (Fsp3) is 0.667. The van der Waals surface area contributed by atoms with Crippen LogP contribution in [0.2, 0.25) is 0 Å². The Morgan fingerprint density at radius 1 is 1.29 bits per heavy atom. The van der Waals surface area contributed by atoms with Crippen molar-refractivity contribution in [1.82, 2.24) is 15.5 Å². The molecule has 8 heteroatoms. The molecule has 3 amide bonds. The highest BCUT2D eigenvalue weighted by molar-refractivity contribution is 5.95. The van der Waals surface area contributed by atoms with E-state index < -0.39 is 17.9 Å². The number of aliphatic carboxylic acids is 1. The zero-order valence-corrected chi connectivity index (χ0v) is 9.86. The van der Waals surface area contributed by atoms with E-state index in [-0.39, 0.29) is 13.1 Å². The summed E-state index contributed by atoms with van der Waals surface area (Å²) in [6, 6.07) is -0.628. The van der Waals surface area contributed by atoms with Gasteiger partial charge in [0.15, 0.2) is 0 Å². The molecular weight excluding hydrogens is 230 g/mol. The third-order valence-electron chi connectivity index (χ3n) is 1.82. The molecule has 0 bridgehead atoms. The zero-order chi connectivity index (χ0) is 13.3. The van der Waals surface area contributed by atoms with Gasteiger partial charge in [-0.2, -0.15) is 0 Å². The highest BCUT2D eigenvalue weighted by atomic mass is 16.5. The summed E-state index contributed by atoms with van der Waals surface area (Å²) in [5.74, 6) is -1.62. The van der Waals surface area contributed by atoms with E-state index >= 15 is 0 Å². The minimum absolute atomic E-state index is 0.178. The smallest absolute Gasteiger partial charge is 0.321 e. The van der Waals surface area contributed by atoms with Gasteiger partial charge in [-0.25, -0.2) is 4.79 Å². The quantitative estimate of drug-likeness (QED) is 0.504. The summed E-state index contributed by atoms with van der Waals surface area (Å²) in [6.45, 7) is 0.137. The number of methoxy groups -OCH3 is 1. The maximum Gasteiger partial charge on any atom is 0.321 e. The third-order valence-corrected chi connectivity index (χ3v) is 1.82. The summed E-state index contributed by atoms with van der Waals surface area (Å²) < 4.78 is 4.79. The number of carbonyl (C=O) groups is 3. The number of imide groups is 1. The molecule has 0 saturated carbocycles. The monoisotopic (exact) mass is 247 g/mol. The van der Waals surface area contributed by atoms with Gasteiger partial charge in [0.2, 0.25) is 5.91 Å². The van der Waals surface area contributed by atoms with Crippen LogP contribution in [0, 0.1) is 0 Å². The second kappa shape index (κ2) is 8.48. The van der Waals surface area contributed by atoms with Crippen LogP contribution in [0.15, 0.2) is 0 Å². The first-order valence-electron chi connectivity index (χ1n) is 4.94. The number of nitrogens with zero attached hydrogens (tertiary/aromatic N) is 1. The van der Waals surface area contributed by atoms with E-state index in [0.29, 0.717) is 13.2 Å². The van der Waals surface area contributed by atoms with Crippen LogP contribution in [0.3, 0.4) is 0 Å². The highest BCUT2D eigenvalue weighted by Gasteiger charge is 2.14. The standard InChI is InChI=1S/C9H17N3O5/c1-10-9(16)11-7(13)5-12(3-4-17-2)6-8(14)15/h3-6H2,1-2H3,(H,14,15)(H2,10,11,13,16). The zero-order valence-electron chi connectivity index (χ0n) is 9.86. The van der Waals surface area contributed by atoms with Crippen LogP contribution >= 0.6 is 0 Å². The Kier molecular flexibility index (Phi) is 7.65. The number of carboxylic acids is 1. The minimum Gasteiger partial charge on any atom is -0.480 e. The molecule has 0 heterocycles. The maximum atomic E-state index is 11.3. The molecule has 0 unspecified atom stereocenters. The number of carboxylic acid groups (broad SMARTS) is 1. The van der Waals surface area contributed by atoms with Crippen LogP contribution in [-0.2, 0) is 14.3 Å². The lowest BCUT2D eigenvalue weighted by Gasteiger charge is -2.18. The largest absolute Gasteiger partial charge is 0.480 e. The lowest BCUT2D eigenvalue weighted by atomic mass is 10.4. The first-order valence-corrected chi connectivity index (χ1v) is 4.94. The molecular formula is C9H17N3O5. The molecule has 0 spiro atoms. The number of rotatable bonds is 7. The Hall–Kier alpha value is -1.67. The van der Waals surface area contributed by atoms with Crippen LogP contribution in [0.25, 0.3) is 0 Å². The van der Waals surface area contributed by atoms with Crippen molar-refractivity contribution < 1.29 is 24.2 Å². The molecule has 17 heavy (non-hydrogen) atoms. The van der Waals surface area contributed by atoms with Crippen molar-refractivity contribution >= 4 is 17.9 Å². The van der Waals surface area contributed by atoms with E-state index in [9.17, 15) is 14.4 Å². The molecule has 0 aliphatic heterocycles. The second-order valence-corrected chi connectivity index (χ2v) is 3.22. The number of hydrogen-bond donors (Lipinski definition) is 3. The van der Waals surface area contributed by atoms with Crippen molar-refractivity contribution in [3.63, 3.8) is 0 Å². The fourth-order valence-corrected chi connectivity index (χ4v) is 1.06. The average molecular weight is 247 g/mol. The molecule has 0 aliphatic rings. The highest BCUT2D eigenvalue weighted by Crippen LogP contribution is 1.89. The second-order valence-electron chi connectivity index (χ2n) is 3.22. The SMILES string of the molecule is CNC(=O)NC(=O)CN(CCOC)CC(=O)O. The Labute approximate surface area is 98.9 Å². The van der Waals surface area contributed by atoms with Gasteiger partial charge >= 0.3 is 12.0 Å². The number of carbonyl (C=O) groups excluding carboxylic acids is 2. The summed E-state index contributed by atoms with van der Waals surface area (Å²) in [5.41, 5.74) is 0. The molecule has 0 saturated heterocycles. The predicted molar refractivity (Wildman–Crippen MR) is 58.6 cm³/mol. The number of ether oxygens (including phenoxy) is 1. The van der Waals surface area contributed by atoms with Gasteiger partial charge in [0.05, 0.1) is 19.7 Å². The van der Waals surface area contributed by atoms with Crippen molar-refractivity contribution in [2.45, 2.75) is 0 Å². The van der Waals surface area contributed by atoms with Crippen LogP contribution < -0.4 is 10.6 Å². The Balaban J connectivity index is 4.16. The molecule has 98 valence electrons. The molecule has 0 fully saturated rings. The van der Waals surface area contributed by atoms with E-state index in [1.54, 1.807) is 0 Å². The van der Waals surface area contributed by atoms with Gasteiger partial charge in [0, 0.05) is 20.7 Å². The Morgan fingerprint density at radius 3 is 2.41 bits per heavy atom. The van der Waals surface area contributed by atoms with Crippen LogP contribution in [-0.4, -0.2) is 68.3 Å². The van der Waals surface area contributed by atoms with E-state index in [4.69, 9.17) is 9.84 Å². The Bertz CT molecular complexity index is 282. The summed E-state index contributed by atoms with van der Waals surface area (Å²) >= 11 is 0. The summed E-state index contributed by atoms with van der Waals surface area (Å²) in [7, 11) is 2.85. The molecule has 0 radical (unpaired) electrons. The number of urea groups is 1. The van der Waals surface area contributed by atoms with Gasteiger partial charge in [-0.05, 0) is 0 Å². The van der Waals surface area contributed by atoms with E-state index in [0.717, 1.165) is 0 Å². The van der Waals surface area contributed by atoms with E-state index in [1.165, 1.54) is 19.1 Å². The molecule has 0 atom stereocenters. The normalized spacial score (nSPS) is 10.1. The van der Waals surface area contributed by atoms with Crippen LogP contribution in [0.5, 0.6) is 0 Å². The molecule has 3 N–H and O–H groups in total. The van der Waals surface area contributed by atoms with E-state index in [1.807, 2.05) is 5.32 Å². The van der Waals surface area contributed by atoms with Gasteiger partial charge in [0.25, 0.3) is 0 Å². The molecule has 0 aliphatic carbocycles. The van der Waals surface area contributed by atoms with Crippen molar-refractivity contribution in [1.29, 1.82) is 0 Å². The van der Waals surface area contributed by atoms with Crippen molar-refractivity contribution in [3.8, 4) is 0 Å². The van der Waals surface area contributed by atoms with Crippen molar-refractivity contribution in [2.75, 3.05) is 40.4 Å². The van der Waals surface area contributed by atoms with Crippen molar-refractivity contribution in [2.24, 2.45) is 0 Å². The van der Waals surface area contributed by atoms with Crippen LogP contribution in [0.1, 0.15) is 0 Å². The van der Waals surface area contributed by atoms with E-state index in [2.05, 4.69) is 5.32 Å². The molecule has 0 aromatic heterocycles. The van der Waals surface area contributed by atoms with Gasteiger partial charge in [-0.1, -0.05) is 0 Å². The van der Waals surface area contributed by atoms with Gasteiger partial charge in [-0.15, -0.1) is 0 Å². The van der Waals surface area contributed by atoms with Gasteiger partial charge in [-0.3, -0.25) is 19.8 Å². The first kappa shape index (κ1) is 15.3. The number of amides is 3. The maximum absolute atomic E-state index is 11.3. The molecule has 0 rings (SSSR count). The predicted octanol–water partition coefficient (Wildman–Crippen LogP) is -1.52. The first-order chi connectivity index (χ1) is 7.99. The summed E-state index contributed by atoms with van der Waals surface area (Å²) in [4.78, 5) is 34.1. The number of nitrogens with one attached hydrogen (secondary N) is 2. The lowest BCUT2D eigenvalue weighted by molar-refractivity contribution is -0.138. The average Bonchev–Trinajstić information content (AvgIpc) is 2.24. The number of hydrogen-bond acceptors (Lipinski definition) is 5. The summed E-state index contributed by atoms with van der Waals surface area (Å²) in [6.07, 6.45) is 0. The lowest BCUT2D eigenvalue weighted by Crippen LogP contribution is -2.45. The van der Waals surface area contributed by atoms with Gasteiger partial charge in [0.1, 0.15) is 0 Å². The molecule has 0 aromatic rings. The molecule has 0 aromatic carbocycles.